The fourth-order valence-corrected chi connectivity index (χ4v) is 3.92. The number of aryl methyl sites for hydroxylation is 1. The molecule has 2 aromatic rings. The smallest absolute Gasteiger partial charge is 0.345 e. The van der Waals surface area contributed by atoms with Gasteiger partial charge in [0.2, 0.25) is 0 Å². The number of rotatable bonds is 8. The zero-order chi connectivity index (χ0) is 20.0. The molecule has 0 aromatic heterocycles. The van der Waals surface area contributed by atoms with E-state index in [1.54, 1.807) is 30.3 Å². The van der Waals surface area contributed by atoms with E-state index in [0.717, 1.165) is 5.56 Å². The third-order valence-electron chi connectivity index (χ3n) is 3.44. The van der Waals surface area contributed by atoms with Gasteiger partial charge in [-0.25, -0.2) is 4.79 Å². The van der Waals surface area contributed by atoms with Gasteiger partial charge < -0.3 is 23.5 Å². The maximum absolute atomic E-state index is 12.4. The lowest BCUT2D eigenvalue weighted by molar-refractivity contribution is -0.211. The van der Waals surface area contributed by atoms with E-state index >= 15 is 0 Å². The van der Waals surface area contributed by atoms with Crippen LogP contribution in [0.5, 0.6) is 5.75 Å². The molecule has 0 fully saturated rings. The summed E-state index contributed by atoms with van der Waals surface area (Å²) in [5.41, 5.74) is 1.21. The standard InChI is InChI=1S/C18H19Cl2O6P/c1-3-25-27(22,23)18(13-6-4-12(2)5-7-13)26-17(21)11-24-16-9-8-14(19)10-15(16)20/h4-10,18H,3,11H2,1-2H3,(H,22,23)/p-1. The first-order chi connectivity index (χ1) is 12.7. The van der Waals surface area contributed by atoms with E-state index in [1.165, 1.54) is 19.1 Å². The highest BCUT2D eigenvalue weighted by molar-refractivity contribution is 7.51. The molecule has 0 bridgehead atoms. The van der Waals surface area contributed by atoms with Gasteiger partial charge in [0.1, 0.15) is 5.75 Å². The van der Waals surface area contributed by atoms with Gasteiger partial charge in [-0.2, -0.15) is 0 Å². The van der Waals surface area contributed by atoms with Crippen molar-refractivity contribution in [2.75, 3.05) is 13.2 Å². The van der Waals surface area contributed by atoms with E-state index < -0.39 is 26.0 Å². The van der Waals surface area contributed by atoms with Gasteiger partial charge in [0.15, 0.2) is 20.0 Å². The SMILES string of the molecule is CCOP(=O)([O-])C(OC(=O)COc1ccc(Cl)cc1Cl)c1ccc(C)cc1. The second kappa shape index (κ2) is 9.58. The van der Waals surface area contributed by atoms with Crippen molar-refractivity contribution in [2.45, 2.75) is 19.7 Å². The number of carbonyl (C=O) groups is 1. The maximum atomic E-state index is 12.4. The molecule has 0 amide bonds. The van der Waals surface area contributed by atoms with Crippen molar-refractivity contribution >= 4 is 36.8 Å². The van der Waals surface area contributed by atoms with Crippen LogP contribution in [-0.4, -0.2) is 19.2 Å². The second-order valence-electron chi connectivity index (χ2n) is 5.57. The number of ether oxygens (including phenoxy) is 2. The molecule has 0 radical (unpaired) electrons. The zero-order valence-electron chi connectivity index (χ0n) is 14.7. The Labute approximate surface area is 167 Å². The minimum absolute atomic E-state index is 0.0719. The van der Waals surface area contributed by atoms with Gasteiger partial charge in [-0.05, 0) is 32.0 Å². The van der Waals surface area contributed by atoms with Crippen molar-refractivity contribution in [3.8, 4) is 5.75 Å². The van der Waals surface area contributed by atoms with Gasteiger partial charge in [-0.15, -0.1) is 0 Å². The maximum Gasteiger partial charge on any atom is 0.345 e. The monoisotopic (exact) mass is 431 g/mol. The van der Waals surface area contributed by atoms with Crippen LogP contribution in [0, 0.1) is 6.92 Å². The number of carbonyl (C=O) groups excluding carboxylic acids is 1. The average molecular weight is 432 g/mol. The first-order valence-corrected chi connectivity index (χ1v) is 10.4. The first-order valence-electron chi connectivity index (χ1n) is 8.02. The number of halogens is 2. The van der Waals surface area contributed by atoms with E-state index in [9.17, 15) is 14.3 Å². The van der Waals surface area contributed by atoms with Crippen LogP contribution in [-0.2, 0) is 18.6 Å². The summed E-state index contributed by atoms with van der Waals surface area (Å²) in [5, 5.41) is 0.632. The number of benzene rings is 2. The van der Waals surface area contributed by atoms with Crippen LogP contribution in [0.1, 0.15) is 23.9 Å². The Morgan fingerprint density at radius 1 is 1.19 bits per heavy atom. The lowest BCUT2D eigenvalue weighted by atomic mass is 10.2. The molecule has 0 saturated carbocycles. The fourth-order valence-electron chi connectivity index (χ4n) is 2.18. The highest BCUT2D eigenvalue weighted by Crippen LogP contribution is 2.53. The van der Waals surface area contributed by atoms with Crippen LogP contribution < -0.4 is 9.63 Å². The molecule has 0 N–H and O–H groups in total. The second-order valence-corrected chi connectivity index (χ2v) is 8.22. The predicted octanol–water partition coefficient (Wildman–Crippen LogP) is 4.51. The Morgan fingerprint density at radius 3 is 2.44 bits per heavy atom. The zero-order valence-corrected chi connectivity index (χ0v) is 17.1. The third-order valence-corrected chi connectivity index (χ3v) is 5.57. The van der Waals surface area contributed by atoms with E-state index in [4.69, 9.17) is 37.2 Å². The van der Waals surface area contributed by atoms with Crippen LogP contribution in [0.25, 0.3) is 0 Å². The lowest BCUT2D eigenvalue weighted by Gasteiger charge is -2.31. The molecular formula is C18H18Cl2O6P-. The van der Waals surface area contributed by atoms with Crippen LogP contribution in [0.4, 0.5) is 0 Å². The average Bonchev–Trinajstić information content (AvgIpc) is 2.59. The molecule has 6 nitrogen and oxygen atoms in total. The summed E-state index contributed by atoms with van der Waals surface area (Å²) in [4.78, 5) is 24.5. The van der Waals surface area contributed by atoms with Gasteiger partial charge in [0, 0.05) is 10.6 Å². The van der Waals surface area contributed by atoms with Crippen LogP contribution in [0.2, 0.25) is 10.0 Å². The number of hydrogen-bond donors (Lipinski definition) is 0. The van der Waals surface area contributed by atoms with Crippen molar-refractivity contribution in [2.24, 2.45) is 0 Å². The Morgan fingerprint density at radius 2 is 1.85 bits per heavy atom. The Bertz CT molecular complexity index is 840. The van der Waals surface area contributed by atoms with E-state index in [0.29, 0.717) is 5.02 Å². The molecule has 27 heavy (non-hydrogen) atoms. The molecular weight excluding hydrogens is 414 g/mol. The fraction of sp³-hybridized carbons (Fsp3) is 0.278. The molecule has 0 aliphatic heterocycles. The molecule has 2 aromatic carbocycles. The van der Waals surface area contributed by atoms with E-state index in [2.05, 4.69) is 0 Å². The minimum atomic E-state index is -4.50. The quantitative estimate of drug-likeness (QED) is 0.451. The molecule has 146 valence electrons. The van der Waals surface area contributed by atoms with Gasteiger partial charge in [0.05, 0.1) is 11.6 Å². The molecule has 0 aliphatic carbocycles. The highest BCUT2D eigenvalue weighted by atomic mass is 35.5. The molecule has 2 unspecified atom stereocenters. The first kappa shape index (κ1) is 21.7. The summed E-state index contributed by atoms with van der Waals surface area (Å²) < 4.78 is 27.6. The lowest BCUT2D eigenvalue weighted by Crippen LogP contribution is -2.22. The summed E-state index contributed by atoms with van der Waals surface area (Å²) in [7, 11) is -4.50. The van der Waals surface area contributed by atoms with Crippen LogP contribution in [0.3, 0.4) is 0 Å². The van der Waals surface area contributed by atoms with Crippen molar-refractivity contribution in [1.29, 1.82) is 0 Å². The molecule has 0 aliphatic rings. The summed E-state index contributed by atoms with van der Waals surface area (Å²) in [5.74, 6) is -2.24. The molecule has 2 atom stereocenters. The predicted molar refractivity (Wildman–Crippen MR) is 101 cm³/mol. The van der Waals surface area contributed by atoms with E-state index in [-0.39, 0.29) is 22.9 Å². The van der Waals surface area contributed by atoms with Gasteiger partial charge in [0.25, 0.3) is 0 Å². The van der Waals surface area contributed by atoms with Crippen molar-refractivity contribution in [3.05, 3.63) is 63.6 Å². The highest BCUT2D eigenvalue weighted by Gasteiger charge is 2.29. The Kier molecular flexibility index (Phi) is 7.71. The van der Waals surface area contributed by atoms with Gasteiger partial charge >= 0.3 is 5.97 Å². The normalized spacial score (nSPS) is 14.3. The Balaban J connectivity index is 2.13. The minimum Gasteiger partial charge on any atom is -0.776 e. The topological polar surface area (TPSA) is 84.9 Å². The van der Waals surface area contributed by atoms with Crippen molar-refractivity contribution in [3.63, 3.8) is 0 Å². The van der Waals surface area contributed by atoms with Crippen molar-refractivity contribution < 1.29 is 28.3 Å². The van der Waals surface area contributed by atoms with E-state index in [1.807, 2.05) is 6.92 Å². The molecule has 0 heterocycles. The van der Waals surface area contributed by atoms with Crippen LogP contribution >= 0.6 is 30.8 Å². The molecule has 2 rings (SSSR count). The summed E-state index contributed by atoms with van der Waals surface area (Å²) in [6.45, 7) is 2.78. The van der Waals surface area contributed by atoms with Gasteiger partial charge in [-0.1, -0.05) is 53.0 Å². The number of hydrogen-bond acceptors (Lipinski definition) is 6. The van der Waals surface area contributed by atoms with Gasteiger partial charge in [-0.3, -0.25) is 0 Å². The molecule has 0 saturated heterocycles. The number of esters is 1. The summed E-state index contributed by atoms with van der Waals surface area (Å²) in [6, 6.07) is 11.1. The third kappa shape index (κ3) is 6.23. The molecule has 0 spiro atoms. The van der Waals surface area contributed by atoms with Crippen molar-refractivity contribution in [1.82, 2.24) is 0 Å². The Hall–Kier alpha value is -1.56. The molecule has 9 heteroatoms. The summed E-state index contributed by atoms with van der Waals surface area (Å²) >= 11 is 11.8. The largest absolute Gasteiger partial charge is 0.776 e. The van der Waals surface area contributed by atoms with Crippen LogP contribution in [0.15, 0.2) is 42.5 Å². The summed E-state index contributed by atoms with van der Waals surface area (Å²) in [6.07, 6.45) is 0.